The molecule has 25 heavy (non-hydrogen) atoms. The van der Waals surface area contributed by atoms with Crippen molar-refractivity contribution >= 4 is 11.9 Å². The van der Waals surface area contributed by atoms with Crippen molar-refractivity contribution < 1.29 is 19.1 Å². The van der Waals surface area contributed by atoms with Gasteiger partial charge in [0.15, 0.2) is 0 Å². The van der Waals surface area contributed by atoms with Crippen LogP contribution in [0.3, 0.4) is 0 Å². The van der Waals surface area contributed by atoms with Gasteiger partial charge in [0.1, 0.15) is 0 Å². The molecule has 0 aromatic heterocycles. The monoisotopic (exact) mass is 347 g/mol. The fourth-order valence-corrected chi connectivity index (χ4v) is 3.77. The average Bonchev–Trinajstić information content (AvgIpc) is 2.60. The summed E-state index contributed by atoms with van der Waals surface area (Å²) >= 11 is 0. The average molecular weight is 347 g/mol. The summed E-state index contributed by atoms with van der Waals surface area (Å²) in [4.78, 5) is 26.2. The molecule has 0 bridgehead atoms. The normalized spacial score (nSPS) is 19.4. The number of fused-ring (bicyclic) bond motifs is 1. The van der Waals surface area contributed by atoms with Gasteiger partial charge in [-0.15, -0.1) is 0 Å². The Bertz CT molecular complexity index is 601. The highest BCUT2D eigenvalue weighted by atomic mass is 16.5. The summed E-state index contributed by atoms with van der Waals surface area (Å²) in [6.07, 6.45) is 3.53. The number of hydrogen-bond acceptors (Lipinski definition) is 5. The van der Waals surface area contributed by atoms with Crippen molar-refractivity contribution in [2.24, 2.45) is 0 Å². The fourth-order valence-electron chi connectivity index (χ4n) is 3.77. The molecule has 138 valence electrons. The number of benzene rings is 1. The van der Waals surface area contributed by atoms with Crippen molar-refractivity contribution in [2.45, 2.75) is 51.5 Å². The Balaban J connectivity index is 2.27. The highest BCUT2D eigenvalue weighted by molar-refractivity contribution is 5.72. The third kappa shape index (κ3) is 4.60. The molecule has 1 aromatic carbocycles. The number of carbonyl (C=O) groups excluding carboxylic acids is 2. The van der Waals surface area contributed by atoms with Crippen LogP contribution < -0.4 is 0 Å². The predicted octanol–water partition coefficient (Wildman–Crippen LogP) is 3.06. The van der Waals surface area contributed by atoms with Crippen LogP contribution in [0.15, 0.2) is 24.3 Å². The summed E-state index contributed by atoms with van der Waals surface area (Å²) in [6.45, 7) is 4.94. The van der Waals surface area contributed by atoms with Gasteiger partial charge in [0.25, 0.3) is 0 Å². The van der Waals surface area contributed by atoms with Gasteiger partial charge in [-0.05, 0) is 51.3 Å². The molecule has 0 saturated heterocycles. The van der Waals surface area contributed by atoms with E-state index in [-0.39, 0.29) is 11.9 Å². The van der Waals surface area contributed by atoms with Crippen LogP contribution in [0.1, 0.15) is 50.7 Å². The first-order valence-corrected chi connectivity index (χ1v) is 9.14. The fraction of sp³-hybridized carbons (Fsp3) is 0.600. The minimum Gasteiger partial charge on any atom is -0.466 e. The van der Waals surface area contributed by atoms with Crippen molar-refractivity contribution in [2.75, 3.05) is 26.8 Å². The highest BCUT2D eigenvalue weighted by Crippen LogP contribution is 2.42. The van der Waals surface area contributed by atoms with E-state index < -0.39 is 5.54 Å². The number of aryl methyl sites for hydroxylation is 1. The maximum atomic E-state index is 12.3. The number of esters is 2. The molecule has 1 atom stereocenters. The zero-order chi connectivity index (χ0) is 18.3. The molecule has 0 N–H and O–H groups in total. The predicted molar refractivity (Wildman–Crippen MR) is 96.2 cm³/mol. The van der Waals surface area contributed by atoms with Crippen LogP contribution in [-0.2, 0) is 31.0 Å². The second-order valence-corrected chi connectivity index (χ2v) is 6.50. The van der Waals surface area contributed by atoms with Crippen molar-refractivity contribution in [1.29, 1.82) is 0 Å². The maximum Gasteiger partial charge on any atom is 0.308 e. The van der Waals surface area contributed by atoms with E-state index in [0.29, 0.717) is 32.6 Å². The number of nitrogens with zero attached hydrogens (tertiary/aromatic N) is 1. The molecule has 1 aliphatic carbocycles. The number of hydrogen-bond donors (Lipinski definition) is 0. The first kappa shape index (κ1) is 19.4. The lowest BCUT2D eigenvalue weighted by molar-refractivity contribution is -0.147. The van der Waals surface area contributed by atoms with Crippen LogP contribution in [0, 0.1) is 0 Å². The first-order chi connectivity index (χ1) is 12.0. The van der Waals surface area contributed by atoms with Gasteiger partial charge in [0.2, 0.25) is 0 Å². The molecule has 1 aliphatic rings. The zero-order valence-electron chi connectivity index (χ0n) is 15.5. The Morgan fingerprint density at radius 3 is 2.52 bits per heavy atom. The lowest BCUT2D eigenvalue weighted by atomic mass is 9.73. The SMILES string of the molecule is CCOC(=O)CCN(C)[C@]1(CC(=O)OCC)CCCc2ccccc21. The van der Waals surface area contributed by atoms with Gasteiger partial charge in [-0.3, -0.25) is 14.5 Å². The van der Waals surface area contributed by atoms with E-state index in [4.69, 9.17) is 9.47 Å². The van der Waals surface area contributed by atoms with Gasteiger partial charge < -0.3 is 9.47 Å². The lowest BCUT2D eigenvalue weighted by Gasteiger charge is -2.45. The molecule has 2 rings (SSSR count). The van der Waals surface area contributed by atoms with Crippen molar-refractivity contribution in [3.05, 3.63) is 35.4 Å². The van der Waals surface area contributed by atoms with E-state index in [1.54, 1.807) is 6.92 Å². The topological polar surface area (TPSA) is 55.8 Å². The first-order valence-electron chi connectivity index (χ1n) is 9.14. The van der Waals surface area contributed by atoms with Crippen LogP contribution in [0.5, 0.6) is 0 Å². The Morgan fingerprint density at radius 2 is 1.80 bits per heavy atom. The molecule has 5 heteroatoms. The van der Waals surface area contributed by atoms with E-state index in [9.17, 15) is 9.59 Å². The summed E-state index contributed by atoms with van der Waals surface area (Å²) in [5, 5.41) is 0. The second kappa shape index (κ2) is 8.99. The minimum absolute atomic E-state index is 0.192. The molecule has 1 aromatic rings. The molecule has 0 spiro atoms. The van der Waals surface area contributed by atoms with Crippen LogP contribution in [-0.4, -0.2) is 43.6 Å². The standard InChI is InChI=1S/C20H29NO4/c1-4-24-18(22)12-14-21(3)20(15-19(23)25-5-2)13-8-10-16-9-6-7-11-17(16)20/h6-7,9,11H,4-5,8,10,12-15H2,1-3H3/t20-/m0/s1. The second-order valence-electron chi connectivity index (χ2n) is 6.50. The molecule has 0 aliphatic heterocycles. The highest BCUT2D eigenvalue weighted by Gasteiger charge is 2.42. The van der Waals surface area contributed by atoms with Gasteiger partial charge in [0, 0.05) is 6.54 Å². The van der Waals surface area contributed by atoms with Gasteiger partial charge in [-0.25, -0.2) is 0 Å². The molecule has 0 unspecified atom stereocenters. The molecule has 0 fully saturated rings. The molecule has 0 radical (unpaired) electrons. The quantitative estimate of drug-likeness (QED) is 0.677. The molecule has 0 heterocycles. The van der Waals surface area contributed by atoms with E-state index in [0.717, 1.165) is 19.3 Å². The minimum atomic E-state index is -0.423. The third-order valence-electron chi connectivity index (χ3n) is 4.98. The summed E-state index contributed by atoms with van der Waals surface area (Å²) < 4.78 is 10.3. The van der Waals surface area contributed by atoms with Gasteiger partial charge >= 0.3 is 11.9 Å². The zero-order valence-corrected chi connectivity index (χ0v) is 15.5. The summed E-state index contributed by atoms with van der Waals surface area (Å²) in [7, 11) is 1.99. The van der Waals surface area contributed by atoms with E-state index in [2.05, 4.69) is 17.0 Å². The van der Waals surface area contributed by atoms with Gasteiger partial charge in [-0.2, -0.15) is 0 Å². The lowest BCUT2D eigenvalue weighted by Crippen LogP contribution is -2.48. The van der Waals surface area contributed by atoms with Crippen LogP contribution >= 0.6 is 0 Å². The molecule has 0 amide bonds. The summed E-state index contributed by atoms with van der Waals surface area (Å²) in [6, 6.07) is 8.29. The molecular weight excluding hydrogens is 318 g/mol. The van der Waals surface area contributed by atoms with E-state index >= 15 is 0 Å². The Kier molecular flexibility index (Phi) is 7.00. The van der Waals surface area contributed by atoms with Gasteiger partial charge in [-0.1, -0.05) is 24.3 Å². The Morgan fingerprint density at radius 1 is 1.12 bits per heavy atom. The van der Waals surface area contributed by atoms with Crippen LogP contribution in [0.2, 0.25) is 0 Å². The summed E-state index contributed by atoms with van der Waals surface area (Å²) in [5.74, 6) is -0.396. The Hall–Kier alpha value is -1.88. The molecule has 0 saturated carbocycles. The Labute approximate surface area is 150 Å². The van der Waals surface area contributed by atoms with Crippen molar-refractivity contribution in [3.8, 4) is 0 Å². The van der Waals surface area contributed by atoms with Crippen LogP contribution in [0.4, 0.5) is 0 Å². The number of rotatable bonds is 8. The summed E-state index contributed by atoms with van der Waals surface area (Å²) in [5.41, 5.74) is 2.04. The van der Waals surface area contributed by atoms with E-state index in [1.165, 1.54) is 11.1 Å². The number of carbonyl (C=O) groups is 2. The third-order valence-corrected chi connectivity index (χ3v) is 4.98. The van der Waals surface area contributed by atoms with Crippen LogP contribution in [0.25, 0.3) is 0 Å². The van der Waals surface area contributed by atoms with Gasteiger partial charge in [0.05, 0.1) is 31.6 Å². The largest absolute Gasteiger partial charge is 0.466 e. The molecular formula is C20H29NO4. The smallest absolute Gasteiger partial charge is 0.308 e. The maximum absolute atomic E-state index is 12.3. The van der Waals surface area contributed by atoms with Crippen molar-refractivity contribution in [1.82, 2.24) is 4.90 Å². The van der Waals surface area contributed by atoms with E-state index in [1.807, 2.05) is 26.1 Å². The molecule has 5 nitrogen and oxygen atoms in total. The number of ether oxygens (including phenoxy) is 2. The van der Waals surface area contributed by atoms with Crippen molar-refractivity contribution in [3.63, 3.8) is 0 Å².